The molecule has 0 aliphatic carbocycles. The summed E-state index contributed by atoms with van der Waals surface area (Å²) in [5.74, 6) is -0.187. The maximum atomic E-state index is 13.0. The van der Waals surface area contributed by atoms with Crippen molar-refractivity contribution < 1.29 is 19.1 Å². The standard InChI is InChI=1S/C21H22ClN3O4/c1-21(15-7-9-17(29-3)10-8-15)19(27)25(20(28)23-21)13-18(26)24(2)12-14-5-4-6-16(22)11-14/h4-11H,12-13H2,1-3H3,(H,23,28)/t21-/m0/s1. The summed E-state index contributed by atoms with van der Waals surface area (Å²) in [7, 11) is 3.16. The lowest BCUT2D eigenvalue weighted by Gasteiger charge is -2.23. The number of ether oxygens (including phenoxy) is 1. The van der Waals surface area contributed by atoms with E-state index in [0.29, 0.717) is 22.9 Å². The minimum atomic E-state index is -1.24. The lowest BCUT2D eigenvalue weighted by atomic mass is 9.92. The summed E-state index contributed by atoms with van der Waals surface area (Å²) in [6.07, 6.45) is 0. The lowest BCUT2D eigenvalue weighted by molar-refractivity contribution is -0.138. The van der Waals surface area contributed by atoms with Crippen LogP contribution in [0.1, 0.15) is 18.1 Å². The molecule has 1 saturated heterocycles. The van der Waals surface area contributed by atoms with Crippen LogP contribution in [0.5, 0.6) is 5.75 Å². The number of imide groups is 1. The van der Waals surface area contributed by atoms with Gasteiger partial charge >= 0.3 is 6.03 Å². The van der Waals surface area contributed by atoms with Crippen LogP contribution in [0, 0.1) is 0 Å². The van der Waals surface area contributed by atoms with Gasteiger partial charge in [-0.3, -0.25) is 14.5 Å². The van der Waals surface area contributed by atoms with Crippen molar-refractivity contribution in [3.8, 4) is 5.75 Å². The first-order valence-corrected chi connectivity index (χ1v) is 9.39. The zero-order chi connectivity index (χ0) is 21.2. The first-order valence-electron chi connectivity index (χ1n) is 9.01. The number of carbonyl (C=O) groups is 3. The number of methoxy groups -OCH3 is 1. The third-order valence-electron chi connectivity index (χ3n) is 4.97. The summed E-state index contributed by atoms with van der Waals surface area (Å²) in [4.78, 5) is 40.4. The van der Waals surface area contributed by atoms with Crippen LogP contribution in [0.4, 0.5) is 4.79 Å². The molecule has 8 heteroatoms. The Morgan fingerprint density at radius 2 is 1.90 bits per heavy atom. The number of benzene rings is 2. The van der Waals surface area contributed by atoms with E-state index in [1.54, 1.807) is 63.5 Å². The van der Waals surface area contributed by atoms with Gasteiger partial charge in [0.1, 0.15) is 17.8 Å². The number of likely N-dealkylation sites (N-methyl/N-ethyl adjacent to an activating group) is 1. The average Bonchev–Trinajstić information content (AvgIpc) is 2.92. The Kier molecular flexibility index (Phi) is 5.79. The molecule has 0 spiro atoms. The summed E-state index contributed by atoms with van der Waals surface area (Å²) in [5, 5.41) is 3.27. The van der Waals surface area contributed by atoms with Gasteiger partial charge in [-0.2, -0.15) is 0 Å². The molecule has 3 rings (SSSR count). The summed E-state index contributed by atoms with van der Waals surface area (Å²) in [6.45, 7) is 1.60. The van der Waals surface area contributed by atoms with Crippen molar-refractivity contribution in [2.75, 3.05) is 20.7 Å². The molecule has 1 atom stereocenters. The molecule has 29 heavy (non-hydrogen) atoms. The molecule has 4 amide bonds. The molecular weight excluding hydrogens is 394 g/mol. The summed E-state index contributed by atoms with van der Waals surface area (Å²) in [6, 6.07) is 13.4. The maximum Gasteiger partial charge on any atom is 0.325 e. The highest BCUT2D eigenvalue weighted by atomic mass is 35.5. The number of nitrogens with zero attached hydrogens (tertiary/aromatic N) is 2. The number of halogens is 1. The Bertz CT molecular complexity index is 947. The van der Waals surface area contributed by atoms with Crippen LogP contribution in [-0.2, 0) is 21.7 Å². The Morgan fingerprint density at radius 3 is 2.52 bits per heavy atom. The number of nitrogens with one attached hydrogen (secondary N) is 1. The number of hydrogen-bond acceptors (Lipinski definition) is 4. The largest absolute Gasteiger partial charge is 0.497 e. The van der Waals surface area contributed by atoms with Crippen LogP contribution in [0.15, 0.2) is 48.5 Å². The van der Waals surface area contributed by atoms with E-state index in [-0.39, 0.29) is 12.5 Å². The number of amides is 4. The number of urea groups is 1. The van der Waals surface area contributed by atoms with Gasteiger partial charge in [-0.1, -0.05) is 35.9 Å². The molecule has 7 nitrogen and oxygen atoms in total. The van der Waals surface area contributed by atoms with Gasteiger partial charge in [-0.15, -0.1) is 0 Å². The van der Waals surface area contributed by atoms with Gasteiger partial charge in [-0.25, -0.2) is 4.79 Å². The van der Waals surface area contributed by atoms with E-state index in [2.05, 4.69) is 5.32 Å². The van der Waals surface area contributed by atoms with Crippen molar-refractivity contribution in [2.45, 2.75) is 19.0 Å². The van der Waals surface area contributed by atoms with Gasteiger partial charge in [0.25, 0.3) is 5.91 Å². The van der Waals surface area contributed by atoms with E-state index in [9.17, 15) is 14.4 Å². The Labute approximate surface area is 174 Å². The fraction of sp³-hybridized carbons (Fsp3) is 0.286. The topological polar surface area (TPSA) is 79.0 Å². The van der Waals surface area contributed by atoms with Gasteiger partial charge in [0.2, 0.25) is 5.91 Å². The second-order valence-corrected chi connectivity index (χ2v) is 7.49. The fourth-order valence-electron chi connectivity index (χ4n) is 3.21. The molecule has 0 unspecified atom stereocenters. The van der Waals surface area contributed by atoms with Crippen LogP contribution in [0.25, 0.3) is 0 Å². The van der Waals surface area contributed by atoms with Crippen molar-refractivity contribution in [1.82, 2.24) is 15.1 Å². The molecule has 1 fully saturated rings. The van der Waals surface area contributed by atoms with Gasteiger partial charge in [0.05, 0.1) is 7.11 Å². The van der Waals surface area contributed by atoms with Crippen LogP contribution >= 0.6 is 11.6 Å². The van der Waals surface area contributed by atoms with E-state index in [1.807, 2.05) is 6.07 Å². The Hall–Kier alpha value is -3.06. The van der Waals surface area contributed by atoms with Crippen LogP contribution in [0.3, 0.4) is 0 Å². The monoisotopic (exact) mass is 415 g/mol. The average molecular weight is 416 g/mol. The van der Waals surface area contributed by atoms with Gasteiger partial charge in [-0.05, 0) is 42.3 Å². The second-order valence-electron chi connectivity index (χ2n) is 7.05. The zero-order valence-corrected chi connectivity index (χ0v) is 17.2. The van der Waals surface area contributed by atoms with Gasteiger partial charge < -0.3 is 15.0 Å². The SMILES string of the molecule is COc1ccc([C@]2(C)NC(=O)N(CC(=O)N(C)Cc3cccc(Cl)c3)C2=O)cc1. The summed E-state index contributed by atoms with van der Waals surface area (Å²) < 4.78 is 5.13. The molecule has 0 radical (unpaired) electrons. The summed E-state index contributed by atoms with van der Waals surface area (Å²) >= 11 is 5.98. The fourth-order valence-corrected chi connectivity index (χ4v) is 3.43. The molecule has 2 aromatic carbocycles. The zero-order valence-electron chi connectivity index (χ0n) is 16.4. The third-order valence-corrected chi connectivity index (χ3v) is 5.21. The van der Waals surface area contributed by atoms with Crippen LogP contribution < -0.4 is 10.1 Å². The van der Waals surface area contributed by atoms with E-state index >= 15 is 0 Å². The Balaban J connectivity index is 1.71. The van der Waals surface area contributed by atoms with Gasteiger partial charge in [0, 0.05) is 18.6 Å². The molecule has 1 aliphatic rings. The molecular formula is C21H22ClN3O4. The van der Waals surface area contributed by atoms with E-state index in [1.165, 1.54) is 4.90 Å². The minimum Gasteiger partial charge on any atom is -0.497 e. The van der Waals surface area contributed by atoms with Crippen molar-refractivity contribution in [2.24, 2.45) is 0 Å². The molecule has 0 saturated carbocycles. The molecule has 152 valence electrons. The first kappa shape index (κ1) is 20.7. The molecule has 1 heterocycles. The third kappa shape index (κ3) is 4.19. The number of hydrogen-bond donors (Lipinski definition) is 1. The predicted molar refractivity (Wildman–Crippen MR) is 109 cm³/mol. The summed E-state index contributed by atoms with van der Waals surface area (Å²) in [5.41, 5.74) is 0.224. The maximum absolute atomic E-state index is 13.0. The van der Waals surface area contributed by atoms with E-state index < -0.39 is 17.5 Å². The highest BCUT2D eigenvalue weighted by Gasteiger charge is 2.49. The van der Waals surface area contributed by atoms with Crippen molar-refractivity contribution >= 4 is 29.4 Å². The molecule has 0 aromatic heterocycles. The normalized spacial score (nSPS) is 18.6. The van der Waals surface area contributed by atoms with Crippen LogP contribution in [-0.4, -0.2) is 48.3 Å². The smallest absolute Gasteiger partial charge is 0.325 e. The molecule has 1 N–H and O–H groups in total. The number of carbonyl (C=O) groups excluding carboxylic acids is 3. The van der Waals surface area contributed by atoms with Crippen molar-refractivity contribution in [1.29, 1.82) is 0 Å². The van der Waals surface area contributed by atoms with Crippen LogP contribution in [0.2, 0.25) is 5.02 Å². The predicted octanol–water partition coefficient (Wildman–Crippen LogP) is 2.77. The van der Waals surface area contributed by atoms with Crippen molar-refractivity contribution in [3.05, 3.63) is 64.7 Å². The molecule has 2 aromatic rings. The quantitative estimate of drug-likeness (QED) is 0.736. The first-order chi connectivity index (χ1) is 13.7. The molecule has 1 aliphatic heterocycles. The Morgan fingerprint density at radius 1 is 1.21 bits per heavy atom. The van der Waals surface area contributed by atoms with Crippen molar-refractivity contribution in [3.63, 3.8) is 0 Å². The number of rotatable bonds is 6. The second kappa shape index (κ2) is 8.13. The lowest BCUT2D eigenvalue weighted by Crippen LogP contribution is -2.43. The van der Waals surface area contributed by atoms with E-state index in [0.717, 1.165) is 10.5 Å². The molecule has 0 bridgehead atoms. The minimum absolute atomic E-state index is 0.318. The highest BCUT2D eigenvalue weighted by molar-refractivity contribution is 6.30. The van der Waals surface area contributed by atoms with E-state index in [4.69, 9.17) is 16.3 Å². The highest BCUT2D eigenvalue weighted by Crippen LogP contribution is 2.30. The van der Waals surface area contributed by atoms with Gasteiger partial charge in [0.15, 0.2) is 0 Å².